The van der Waals surface area contributed by atoms with Crippen molar-refractivity contribution in [1.82, 2.24) is 9.97 Å². The SMILES string of the molecule is COc1ccc2[nH]cc(C(N)=O)c(=O)c2n1. The zero-order chi connectivity index (χ0) is 11.7. The molecule has 6 heteroatoms. The number of fused-ring (bicyclic) bond motifs is 1. The molecule has 0 aromatic carbocycles. The molecule has 0 fully saturated rings. The lowest BCUT2D eigenvalue weighted by Gasteiger charge is -2.02. The fraction of sp³-hybridized carbons (Fsp3) is 0.100. The van der Waals surface area contributed by atoms with E-state index in [2.05, 4.69) is 9.97 Å². The first-order valence-electron chi connectivity index (χ1n) is 4.49. The number of primary amides is 1. The maximum atomic E-state index is 11.8. The zero-order valence-corrected chi connectivity index (χ0v) is 8.48. The Kier molecular flexibility index (Phi) is 2.32. The number of aromatic amines is 1. The molecule has 2 rings (SSSR count). The number of rotatable bonds is 2. The highest BCUT2D eigenvalue weighted by molar-refractivity contribution is 5.95. The highest BCUT2D eigenvalue weighted by Crippen LogP contribution is 2.11. The first-order chi connectivity index (χ1) is 7.63. The Morgan fingerprint density at radius 2 is 2.25 bits per heavy atom. The number of pyridine rings is 2. The molecule has 16 heavy (non-hydrogen) atoms. The Labute approximate surface area is 90.1 Å². The minimum atomic E-state index is -0.784. The highest BCUT2D eigenvalue weighted by Gasteiger charge is 2.11. The van der Waals surface area contributed by atoms with Crippen molar-refractivity contribution in [2.24, 2.45) is 5.73 Å². The van der Waals surface area contributed by atoms with Crippen LogP contribution < -0.4 is 15.9 Å². The predicted molar refractivity (Wildman–Crippen MR) is 57.4 cm³/mol. The number of hydrogen-bond acceptors (Lipinski definition) is 4. The number of aromatic nitrogens is 2. The normalized spacial score (nSPS) is 10.3. The molecular formula is C10H9N3O3. The Bertz CT molecular complexity index is 618. The summed E-state index contributed by atoms with van der Waals surface area (Å²) >= 11 is 0. The average molecular weight is 219 g/mol. The van der Waals surface area contributed by atoms with Gasteiger partial charge in [0.2, 0.25) is 11.3 Å². The van der Waals surface area contributed by atoms with Crippen LogP contribution in [0.5, 0.6) is 5.88 Å². The van der Waals surface area contributed by atoms with Crippen LogP contribution in [0.2, 0.25) is 0 Å². The summed E-state index contributed by atoms with van der Waals surface area (Å²) < 4.78 is 4.90. The van der Waals surface area contributed by atoms with Crippen LogP contribution >= 0.6 is 0 Å². The topological polar surface area (TPSA) is 98.1 Å². The molecule has 3 N–H and O–H groups in total. The molecule has 2 heterocycles. The van der Waals surface area contributed by atoms with Crippen molar-refractivity contribution < 1.29 is 9.53 Å². The molecule has 0 spiro atoms. The van der Waals surface area contributed by atoms with E-state index in [1.54, 1.807) is 12.1 Å². The molecule has 0 radical (unpaired) electrons. The molecule has 0 atom stereocenters. The van der Waals surface area contributed by atoms with Crippen LogP contribution in [0.15, 0.2) is 23.1 Å². The lowest BCUT2D eigenvalue weighted by molar-refractivity contribution is 0.0999. The van der Waals surface area contributed by atoms with Gasteiger partial charge < -0.3 is 15.5 Å². The second-order valence-electron chi connectivity index (χ2n) is 3.15. The molecule has 0 aliphatic heterocycles. The predicted octanol–water partition coefficient (Wildman–Crippen LogP) is 0.0306. The Balaban J connectivity index is 2.81. The summed E-state index contributed by atoms with van der Waals surface area (Å²) in [6.07, 6.45) is 1.28. The maximum absolute atomic E-state index is 11.8. The minimum absolute atomic E-state index is 0.117. The van der Waals surface area contributed by atoms with Gasteiger partial charge in [0.05, 0.1) is 12.6 Å². The summed E-state index contributed by atoms with van der Waals surface area (Å²) in [7, 11) is 1.44. The van der Waals surface area contributed by atoms with Gasteiger partial charge in [-0.25, -0.2) is 4.98 Å². The molecule has 82 valence electrons. The second kappa shape index (κ2) is 3.65. The third-order valence-electron chi connectivity index (χ3n) is 2.18. The van der Waals surface area contributed by atoms with Crippen LogP contribution in [-0.2, 0) is 0 Å². The molecule has 6 nitrogen and oxygen atoms in total. The third kappa shape index (κ3) is 1.50. The molecule has 2 aromatic heterocycles. The van der Waals surface area contributed by atoms with Gasteiger partial charge in [-0.05, 0) is 6.07 Å². The van der Waals surface area contributed by atoms with E-state index in [1.165, 1.54) is 13.3 Å². The van der Waals surface area contributed by atoms with Crippen LogP contribution in [0.25, 0.3) is 11.0 Å². The Hall–Kier alpha value is -2.37. The number of H-pyrrole nitrogens is 1. The van der Waals surface area contributed by atoms with Crippen LogP contribution in [0.1, 0.15) is 10.4 Å². The zero-order valence-electron chi connectivity index (χ0n) is 8.48. The monoisotopic (exact) mass is 219 g/mol. The van der Waals surface area contributed by atoms with Crippen LogP contribution in [0.4, 0.5) is 0 Å². The number of carbonyl (C=O) groups is 1. The lowest BCUT2D eigenvalue weighted by Crippen LogP contribution is -2.22. The van der Waals surface area contributed by atoms with E-state index in [4.69, 9.17) is 10.5 Å². The molecular weight excluding hydrogens is 210 g/mol. The van der Waals surface area contributed by atoms with Gasteiger partial charge in [0, 0.05) is 12.3 Å². The molecule has 2 aromatic rings. The number of methoxy groups -OCH3 is 1. The van der Waals surface area contributed by atoms with Gasteiger partial charge in [0.1, 0.15) is 11.1 Å². The van der Waals surface area contributed by atoms with Crippen LogP contribution in [0.3, 0.4) is 0 Å². The summed E-state index contributed by atoms with van der Waals surface area (Å²) in [5.41, 5.74) is 5.10. The van der Waals surface area contributed by atoms with Crippen molar-refractivity contribution in [2.45, 2.75) is 0 Å². The summed E-state index contributed by atoms with van der Waals surface area (Å²) in [6, 6.07) is 3.26. The summed E-state index contributed by atoms with van der Waals surface area (Å²) in [6.45, 7) is 0. The van der Waals surface area contributed by atoms with Gasteiger partial charge in [-0.3, -0.25) is 9.59 Å². The summed E-state index contributed by atoms with van der Waals surface area (Å²) in [5, 5.41) is 0. The highest BCUT2D eigenvalue weighted by atomic mass is 16.5. The number of nitrogens with one attached hydrogen (secondary N) is 1. The largest absolute Gasteiger partial charge is 0.481 e. The number of carbonyl (C=O) groups excluding carboxylic acids is 1. The molecule has 1 amide bonds. The van der Waals surface area contributed by atoms with Gasteiger partial charge in [-0.2, -0.15) is 0 Å². The van der Waals surface area contributed by atoms with E-state index in [9.17, 15) is 9.59 Å². The summed E-state index contributed by atoms with van der Waals surface area (Å²) in [4.78, 5) is 29.5. The van der Waals surface area contributed by atoms with Crippen molar-refractivity contribution in [3.63, 3.8) is 0 Å². The van der Waals surface area contributed by atoms with Gasteiger partial charge in [0.25, 0.3) is 5.91 Å². The fourth-order valence-electron chi connectivity index (χ4n) is 1.37. The number of amides is 1. The van der Waals surface area contributed by atoms with Crippen molar-refractivity contribution in [3.05, 3.63) is 34.1 Å². The van der Waals surface area contributed by atoms with Gasteiger partial charge in [-0.15, -0.1) is 0 Å². The fourth-order valence-corrected chi connectivity index (χ4v) is 1.37. The minimum Gasteiger partial charge on any atom is -0.481 e. The quantitative estimate of drug-likeness (QED) is 0.744. The van der Waals surface area contributed by atoms with Gasteiger partial charge in [0.15, 0.2) is 0 Å². The smallest absolute Gasteiger partial charge is 0.254 e. The first-order valence-corrected chi connectivity index (χ1v) is 4.49. The van der Waals surface area contributed by atoms with Crippen molar-refractivity contribution in [1.29, 1.82) is 0 Å². The van der Waals surface area contributed by atoms with Crippen LogP contribution in [0, 0.1) is 0 Å². The Morgan fingerprint density at radius 1 is 1.50 bits per heavy atom. The summed E-state index contributed by atoms with van der Waals surface area (Å²) in [5.74, 6) is -0.479. The molecule has 0 aliphatic rings. The molecule has 0 unspecified atom stereocenters. The van der Waals surface area contributed by atoms with E-state index < -0.39 is 11.3 Å². The molecule has 0 saturated carbocycles. The van der Waals surface area contributed by atoms with Gasteiger partial charge in [-0.1, -0.05) is 0 Å². The molecule has 0 saturated heterocycles. The number of hydrogen-bond donors (Lipinski definition) is 2. The lowest BCUT2D eigenvalue weighted by atomic mass is 10.2. The molecule has 0 aliphatic carbocycles. The standard InChI is InChI=1S/C10H9N3O3/c1-16-7-3-2-6-8(13-7)9(14)5(4-12-6)10(11)15/h2-4H,1H3,(H2,11,15)(H,12,14). The van der Waals surface area contributed by atoms with Crippen LogP contribution in [-0.4, -0.2) is 23.0 Å². The second-order valence-corrected chi connectivity index (χ2v) is 3.15. The van der Waals surface area contributed by atoms with Crippen molar-refractivity contribution >= 4 is 16.9 Å². The first kappa shape index (κ1) is 10.2. The maximum Gasteiger partial charge on any atom is 0.254 e. The van der Waals surface area contributed by atoms with Crippen molar-refractivity contribution in [2.75, 3.05) is 7.11 Å². The van der Waals surface area contributed by atoms with E-state index in [0.29, 0.717) is 11.4 Å². The Morgan fingerprint density at radius 3 is 2.88 bits per heavy atom. The van der Waals surface area contributed by atoms with E-state index in [0.717, 1.165) is 0 Å². The third-order valence-corrected chi connectivity index (χ3v) is 2.18. The van der Waals surface area contributed by atoms with Gasteiger partial charge >= 0.3 is 0 Å². The number of nitrogens with two attached hydrogens (primary N) is 1. The van der Waals surface area contributed by atoms with E-state index >= 15 is 0 Å². The molecule has 0 bridgehead atoms. The van der Waals surface area contributed by atoms with Crippen molar-refractivity contribution in [3.8, 4) is 5.88 Å². The van der Waals surface area contributed by atoms with E-state index in [1.807, 2.05) is 0 Å². The average Bonchev–Trinajstić information content (AvgIpc) is 2.28. The van der Waals surface area contributed by atoms with E-state index in [-0.39, 0.29) is 11.1 Å². The number of ether oxygens (including phenoxy) is 1. The number of nitrogens with zero attached hydrogens (tertiary/aromatic N) is 1.